The van der Waals surface area contributed by atoms with E-state index in [9.17, 15) is 9.59 Å². The first kappa shape index (κ1) is 11.5. The standard InChI is InChI=1S/C10H10ClNO3/c11-8(6-13)4-7-2-1-3-9(5-7)15-10(12)14/h1-3,5-6,8H,4H2,(H2,12,14). The third-order valence-corrected chi connectivity index (χ3v) is 1.95. The van der Waals surface area contributed by atoms with Gasteiger partial charge in [0.25, 0.3) is 0 Å². The second-order valence-electron chi connectivity index (χ2n) is 2.92. The van der Waals surface area contributed by atoms with Crippen molar-refractivity contribution in [3.05, 3.63) is 29.8 Å². The third-order valence-electron chi connectivity index (χ3n) is 1.70. The Bertz CT molecular complexity index is 367. The molecule has 1 amide bonds. The van der Waals surface area contributed by atoms with Gasteiger partial charge in [-0.3, -0.25) is 0 Å². The minimum atomic E-state index is -0.870. The molecule has 1 unspecified atom stereocenters. The predicted molar refractivity (Wildman–Crippen MR) is 56.1 cm³/mol. The Morgan fingerprint density at radius 2 is 2.33 bits per heavy atom. The average Bonchev–Trinajstić information content (AvgIpc) is 2.17. The van der Waals surface area contributed by atoms with Gasteiger partial charge in [-0.2, -0.15) is 0 Å². The molecule has 1 aromatic carbocycles. The molecule has 0 heterocycles. The number of amides is 1. The van der Waals surface area contributed by atoms with Crippen LogP contribution >= 0.6 is 11.6 Å². The summed E-state index contributed by atoms with van der Waals surface area (Å²) in [6, 6.07) is 6.69. The van der Waals surface area contributed by atoms with Crippen LogP contribution in [0.2, 0.25) is 0 Å². The quantitative estimate of drug-likeness (QED) is 0.626. The molecule has 0 aliphatic heterocycles. The molecule has 0 saturated carbocycles. The highest BCUT2D eigenvalue weighted by Crippen LogP contribution is 2.15. The number of rotatable bonds is 4. The molecule has 2 N–H and O–H groups in total. The number of carbonyl (C=O) groups is 2. The van der Waals surface area contributed by atoms with E-state index in [-0.39, 0.29) is 0 Å². The largest absolute Gasteiger partial charge is 0.410 e. The van der Waals surface area contributed by atoms with Crippen LogP contribution in [-0.2, 0) is 11.2 Å². The lowest BCUT2D eigenvalue weighted by Crippen LogP contribution is -2.16. The van der Waals surface area contributed by atoms with Crippen LogP contribution in [0.5, 0.6) is 5.75 Å². The maximum absolute atomic E-state index is 10.5. The Hall–Kier alpha value is -1.55. The zero-order chi connectivity index (χ0) is 11.3. The van der Waals surface area contributed by atoms with Gasteiger partial charge in [0.05, 0.1) is 5.38 Å². The number of carbonyl (C=O) groups excluding carboxylic acids is 2. The summed E-state index contributed by atoms with van der Waals surface area (Å²) in [5.41, 5.74) is 5.66. The van der Waals surface area contributed by atoms with Gasteiger partial charge in [-0.25, -0.2) is 4.79 Å². The summed E-state index contributed by atoms with van der Waals surface area (Å²) < 4.78 is 4.68. The molecule has 80 valence electrons. The van der Waals surface area contributed by atoms with Crippen LogP contribution in [-0.4, -0.2) is 17.8 Å². The zero-order valence-corrected chi connectivity index (χ0v) is 8.61. The Labute approximate surface area is 92.0 Å². The smallest absolute Gasteiger partial charge is 0.409 e. The molecular formula is C10H10ClNO3. The maximum Gasteiger partial charge on any atom is 0.409 e. The lowest BCUT2D eigenvalue weighted by Gasteiger charge is -2.05. The van der Waals surface area contributed by atoms with E-state index in [4.69, 9.17) is 17.3 Å². The number of ether oxygens (including phenoxy) is 1. The van der Waals surface area contributed by atoms with Crippen LogP contribution in [0.15, 0.2) is 24.3 Å². The van der Waals surface area contributed by atoms with E-state index in [0.29, 0.717) is 18.5 Å². The van der Waals surface area contributed by atoms with E-state index in [1.807, 2.05) is 0 Å². The summed E-state index contributed by atoms with van der Waals surface area (Å²) in [6.07, 6.45) is 0.175. The Balaban J connectivity index is 2.73. The van der Waals surface area contributed by atoms with Crippen LogP contribution in [0.25, 0.3) is 0 Å². The van der Waals surface area contributed by atoms with E-state index in [0.717, 1.165) is 5.56 Å². The molecule has 0 spiro atoms. The van der Waals surface area contributed by atoms with Gasteiger partial charge in [0.15, 0.2) is 0 Å². The number of nitrogens with two attached hydrogens (primary N) is 1. The maximum atomic E-state index is 10.5. The minimum absolute atomic E-state index is 0.342. The summed E-state index contributed by atoms with van der Waals surface area (Å²) >= 11 is 5.66. The monoisotopic (exact) mass is 227 g/mol. The van der Waals surface area contributed by atoms with Crippen LogP contribution in [0, 0.1) is 0 Å². The summed E-state index contributed by atoms with van der Waals surface area (Å²) in [4.78, 5) is 20.8. The first-order chi connectivity index (χ1) is 7.11. The van der Waals surface area contributed by atoms with Gasteiger partial charge in [0.1, 0.15) is 12.0 Å². The van der Waals surface area contributed by atoms with Gasteiger partial charge < -0.3 is 15.3 Å². The average molecular weight is 228 g/mol. The lowest BCUT2D eigenvalue weighted by molar-refractivity contribution is -0.107. The van der Waals surface area contributed by atoms with E-state index in [1.54, 1.807) is 24.3 Å². The van der Waals surface area contributed by atoms with Gasteiger partial charge in [-0.15, -0.1) is 11.6 Å². The highest BCUT2D eigenvalue weighted by molar-refractivity contribution is 6.27. The predicted octanol–water partition coefficient (Wildman–Crippen LogP) is 1.49. The SMILES string of the molecule is NC(=O)Oc1cccc(CC(Cl)C=O)c1. The molecule has 1 aromatic rings. The molecule has 15 heavy (non-hydrogen) atoms. The van der Waals surface area contributed by atoms with Crippen molar-refractivity contribution in [3.63, 3.8) is 0 Å². The molecule has 4 nitrogen and oxygen atoms in total. The highest BCUT2D eigenvalue weighted by atomic mass is 35.5. The highest BCUT2D eigenvalue weighted by Gasteiger charge is 2.05. The van der Waals surface area contributed by atoms with Gasteiger partial charge in [0, 0.05) is 0 Å². The normalized spacial score (nSPS) is 11.8. The van der Waals surface area contributed by atoms with Crippen molar-refractivity contribution in [1.82, 2.24) is 0 Å². The number of benzene rings is 1. The second kappa shape index (κ2) is 5.36. The summed E-state index contributed by atoms with van der Waals surface area (Å²) in [7, 11) is 0. The van der Waals surface area contributed by atoms with Crippen molar-refractivity contribution < 1.29 is 14.3 Å². The molecule has 0 aromatic heterocycles. The Morgan fingerprint density at radius 3 is 2.93 bits per heavy atom. The number of primary amides is 1. The zero-order valence-electron chi connectivity index (χ0n) is 7.85. The van der Waals surface area contributed by atoms with Crippen LogP contribution < -0.4 is 10.5 Å². The van der Waals surface area contributed by atoms with Crippen molar-refractivity contribution in [2.75, 3.05) is 0 Å². The number of hydrogen-bond donors (Lipinski definition) is 1. The molecule has 0 radical (unpaired) electrons. The third kappa shape index (κ3) is 3.99. The molecule has 0 bridgehead atoms. The second-order valence-corrected chi connectivity index (χ2v) is 3.49. The van der Waals surface area contributed by atoms with E-state index >= 15 is 0 Å². The first-order valence-corrected chi connectivity index (χ1v) is 4.71. The molecule has 5 heteroatoms. The Kier molecular flexibility index (Phi) is 4.12. The molecular weight excluding hydrogens is 218 g/mol. The minimum Gasteiger partial charge on any atom is -0.410 e. The lowest BCUT2D eigenvalue weighted by atomic mass is 10.1. The molecule has 0 aliphatic rings. The van der Waals surface area contributed by atoms with Crippen molar-refractivity contribution in [3.8, 4) is 5.75 Å². The van der Waals surface area contributed by atoms with Crippen molar-refractivity contribution in [2.24, 2.45) is 5.73 Å². The van der Waals surface area contributed by atoms with Crippen molar-refractivity contribution in [2.45, 2.75) is 11.8 Å². The summed E-state index contributed by atoms with van der Waals surface area (Å²) in [5.74, 6) is 0.342. The van der Waals surface area contributed by atoms with Crippen molar-refractivity contribution >= 4 is 24.0 Å². The first-order valence-electron chi connectivity index (χ1n) is 4.27. The molecule has 1 atom stereocenters. The molecule has 0 fully saturated rings. The fourth-order valence-corrected chi connectivity index (χ4v) is 1.30. The fourth-order valence-electron chi connectivity index (χ4n) is 1.13. The molecule has 0 saturated heterocycles. The van der Waals surface area contributed by atoms with Gasteiger partial charge in [-0.1, -0.05) is 12.1 Å². The van der Waals surface area contributed by atoms with Gasteiger partial charge >= 0.3 is 6.09 Å². The van der Waals surface area contributed by atoms with Crippen molar-refractivity contribution in [1.29, 1.82) is 0 Å². The Morgan fingerprint density at radius 1 is 1.60 bits per heavy atom. The number of aldehydes is 1. The molecule has 1 rings (SSSR count). The van der Waals surface area contributed by atoms with E-state index in [1.165, 1.54) is 0 Å². The number of halogens is 1. The number of hydrogen-bond acceptors (Lipinski definition) is 3. The van der Waals surface area contributed by atoms with Gasteiger partial charge in [0.2, 0.25) is 0 Å². The topological polar surface area (TPSA) is 69.4 Å². The van der Waals surface area contributed by atoms with Crippen LogP contribution in [0.1, 0.15) is 5.56 Å². The van der Waals surface area contributed by atoms with Crippen LogP contribution in [0.3, 0.4) is 0 Å². The molecule has 0 aliphatic carbocycles. The number of alkyl halides is 1. The van der Waals surface area contributed by atoms with Crippen LogP contribution in [0.4, 0.5) is 4.79 Å². The van der Waals surface area contributed by atoms with Gasteiger partial charge in [-0.05, 0) is 24.1 Å². The summed E-state index contributed by atoms with van der Waals surface area (Å²) in [6.45, 7) is 0. The van der Waals surface area contributed by atoms with E-state index < -0.39 is 11.5 Å². The summed E-state index contributed by atoms with van der Waals surface area (Å²) in [5, 5.41) is -0.575. The fraction of sp³-hybridized carbons (Fsp3) is 0.200. The van der Waals surface area contributed by atoms with E-state index in [2.05, 4.69) is 4.74 Å².